The Hall–Kier alpha value is -3.81. The molecule has 0 fully saturated rings. The van der Waals surface area contributed by atoms with E-state index in [0.717, 1.165) is 22.0 Å². The number of nitrogens with one attached hydrogen (secondary N) is 3. The van der Waals surface area contributed by atoms with Gasteiger partial charge in [-0.05, 0) is 29.3 Å². The third-order valence-electron chi connectivity index (χ3n) is 5.26. The molecule has 4 rings (SSSR count). The number of aromatic nitrogens is 1. The fourth-order valence-electron chi connectivity index (χ4n) is 3.49. The van der Waals surface area contributed by atoms with Crippen molar-refractivity contribution < 1.29 is 14.3 Å². The van der Waals surface area contributed by atoms with Gasteiger partial charge < -0.3 is 15.0 Å². The van der Waals surface area contributed by atoms with E-state index in [1.54, 1.807) is 18.2 Å². The lowest BCUT2D eigenvalue weighted by atomic mass is 10.0. The lowest BCUT2D eigenvalue weighted by molar-refractivity contribution is -0.123. The molecule has 7 nitrogen and oxygen atoms in total. The van der Waals surface area contributed by atoms with Crippen LogP contribution in [0.25, 0.3) is 10.9 Å². The Morgan fingerprint density at radius 2 is 1.80 bits per heavy atom. The number of fused-ring (bicyclic) bond motifs is 1. The molecule has 9 heteroatoms. The van der Waals surface area contributed by atoms with Crippen molar-refractivity contribution in [3.8, 4) is 0 Å². The Balaban J connectivity index is 1.46. The molecule has 0 aliphatic carbocycles. The Bertz CT molecular complexity index is 1360. The number of alkyl carbamates (subject to hydrolysis) is 1. The van der Waals surface area contributed by atoms with Crippen LogP contribution in [-0.4, -0.2) is 29.2 Å². The Labute approximate surface area is 212 Å². The van der Waals surface area contributed by atoms with Crippen LogP contribution in [0, 0.1) is 0 Å². The topological polar surface area (TPSA) is 95.6 Å². The molecule has 0 radical (unpaired) electrons. The molecular weight excluding hydrogens is 487 g/mol. The van der Waals surface area contributed by atoms with Crippen LogP contribution in [-0.2, 0) is 22.6 Å². The fraction of sp³-hybridized carbons (Fsp3) is 0.115. The van der Waals surface area contributed by atoms with Gasteiger partial charge in [-0.15, -0.1) is 0 Å². The number of amides is 2. The molecule has 35 heavy (non-hydrogen) atoms. The summed E-state index contributed by atoms with van der Waals surface area (Å²) in [6.45, 7) is 0.0846. The van der Waals surface area contributed by atoms with E-state index in [-0.39, 0.29) is 13.0 Å². The van der Waals surface area contributed by atoms with Crippen LogP contribution >= 0.6 is 23.2 Å². The molecule has 0 bridgehead atoms. The van der Waals surface area contributed by atoms with E-state index >= 15 is 0 Å². The van der Waals surface area contributed by atoms with Gasteiger partial charge in [0.15, 0.2) is 0 Å². The molecule has 4 aromatic rings. The smallest absolute Gasteiger partial charge is 0.408 e. The maximum Gasteiger partial charge on any atom is 0.408 e. The van der Waals surface area contributed by atoms with E-state index in [2.05, 4.69) is 20.8 Å². The van der Waals surface area contributed by atoms with Crippen LogP contribution in [0.4, 0.5) is 4.79 Å². The van der Waals surface area contributed by atoms with Crippen molar-refractivity contribution >= 4 is 52.3 Å². The second-order valence-electron chi connectivity index (χ2n) is 7.72. The average molecular weight is 509 g/mol. The van der Waals surface area contributed by atoms with Crippen molar-refractivity contribution in [2.75, 3.05) is 0 Å². The summed E-state index contributed by atoms with van der Waals surface area (Å²) < 4.78 is 5.31. The van der Waals surface area contributed by atoms with Gasteiger partial charge in [0.2, 0.25) is 0 Å². The highest BCUT2D eigenvalue weighted by atomic mass is 35.5. The molecule has 3 aromatic carbocycles. The van der Waals surface area contributed by atoms with Gasteiger partial charge in [-0.3, -0.25) is 4.79 Å². The van der Waals surface area contributed by atoms with E-state index in [0.29, 0.717) is 15.6 Å². The molecule has 178 valence electrons. The van der Waals surface area contributed by atoms with E-state index in [4.69, 9.17) is 27.9 Å². The summed E-state index contributed by atoms with van der Waals surface area (Å²) in [7, 11) is 0. The number of nitrogens with zero attached hydrogens (tertiary/aromatic N) is 1. The van der Waals surface area contributed by atoms with Gasteiger partial charge in [0.1, 0.15) is 12.6 Å². The number of hydrazone groups is 1. The third-order valence-corrected chi connectivity index (χ3v) is 5.82. The molecule has 2 amide bonds. The second-order valence-corrected chi connectivity index (χ2v) is 8.57. The van der Waals surface area contributed by atoms with Crippen molar-refractivity contribution in [1.82, 2.24) is 15.7 Å². The van der Waals surface area contributed by atoms with Crippen LogP contribution in [0.3, 0.4) is 0 Å². The highest BCUT2D eigenvalue weighted by molar-refractivity contribution is 6.36. The first-order chi connectivity index (χ1) is 17.0. The summed E-state index contributed by atoms with van der Waals surface area (Å²) in [5.74, 6) is -0.506. The van der Waals surface area contributed by atoms with Crippen LogP contribution in [0.5, 0.6) is 0 Å². The van der Waals surface area contributed by atoms with E-state index < -0.39 is 18.0 Å². The molecule has 3 N–H and O–H groups in total. The molecule has 1 aromatic heterocycles. The maximum atomic E-state index is 13.0. The summed E-state index contributed by atoms with van der Waals surface area (Å²) >= 11 is 12.1. The molecule has 1 atom stereocenters. The number of halogens is 2. The third kappa shape index (κ3) is 6.62. The summed E-state index contributed by atoms with van der Waals surface area (Å²) in [5.41, 5.74) is 5.70. The van der Waals surface area contributed by atoms with Crippen LogP contribution in [0.15, 0.2) is 84.1 Å². The molecule has 1 unspecified atom stereocenters. The van der Waals surface area contributed by atoms with Crippen molar-refractivity contribution in [2.24, 2.45) is 5.10 Å². The number of para-hydroxylation sites is 1. The number of rotatable bonds is 8. The van der Waals surface area contributed by atoms with Gasteiger partial charge in [-0.1, -0.05) is 77.8 Å². The summed E-state index contributed by atoms with van der Waals surface area (Å²) in [5, 5.41) is 8.50. The number of carbonyl (C=O) groups is 2. The Morgan fingerprint density at radius 3 is 2.60 bits per heavy atom. The summed E-state index contributed by atoms with van der Waals surface area (Å²) in [6.07, 6.45) is 2.75. The monoisotopic (exact) mass is 508 g/mol. The van der Waals surface area contributed by atoms with E-state index in [1.165, 1.54) is 6.21 Å². The van der Waals surface area contributed by atoms with Crippen LogP contribution in [0.2, 0.25) is 10.0 Å². The SMILES string of the molecule is O=C(NC(Cc1c[nH]c2ccccc12)C(=O)N/N=C/c1ccc(Cl)cc1Cl)OCc1ccccc1. The average Bonchev–Trinajstić information content (AvgIpc) is 3.27. The minimum Gasteiger partial charge on any atom is -0.445 e. The van der Waals surface area contributed by atoms with Gasteiger partial charge in [-0.25, -0.2) is 10.2 Å². The standard InChI is InChI=1S/C26H22Cl2N4O3/c27-20-11-10-18(22(28)13-20)15-30-32-25(33)24(12-19-14-29-23-9-5-4-8-21(19)23)31-26(34)35-16-17-6-2-1-3-7-17/h1-11,13-15,24,29H,12,16H2,(H,31,34)(H,32,33)/b30-15+. The first-order valence-electron chi connectivity index (χ1n) is 10.8. The van der Waals surface area contributed by atoms with E-state index in [9.17, 15) is 9.59 Å². The number of benzene rings is 3. The van der Waals surface area contributed by atoms with E-state index in [1.807, 2.05) is 60.8 Å². The predicted octanol–water partition coefficient (Wildman–Crippen LogP) is 5.46. The number of aromatic amines is 1. The number of carbonyl (C=O) groups excluding carboxylic acids is 2. The first-order valence-corrected chi connectivity index (χ1v) is 11.6. The molecular formula is C26H22Cl2N4O3. The van der Waals surface area contributed by atoms with Crippen molar-refractivity contribution in [3.63, 3.8) is 0 Å². The highest BCUT2D eigenvalue weighted by Gasteiger charge is 2.23. The van der Waals surface area contributed by atoms with Gasteiger partial charge in [0.25, 0.3) is 5.91 Å². The zero-order chi connectivity index (χ0) is 24.6. The molecule has 0 saturated heterocycles. The highest BCUT2D eigenvalue weighted by Crippen LogP contribution is 2.20. The lowest BCUT2D eigenvalue weighted by Gasteiger charge is -2.17. The molecule has 0 spiro atoms. The quantitative estimate of drug-likeness (QED) is 0.217. The van der Waals surface area contributed by atoms with Gasteiger partial charge in [0.05, 0.1) is 11.2 Å². The van der Waals surface area contributed by atoms with Crippen LogP contribution in [0.1, 0.15) is 16.7 Å². The maximum absolute atomic E-state index is 13.0. The van der Waals surface area contributed by atoms with Gasteiger partial charge in [0, 0.05) is 34.1 Å². The predicted molar refractivity (Wildman–Crippen MR) is 138 cm³/mol. The molecule has 1 heterocycles. The van der Waals surface area contributed by atoms with Crippen molar-refractivity contribution in [3.05, 3.63) is 106 Å². The lowest BCUT2D eigenvalue weighted by Crippen LogP contribution is -2.47. The summed E-state index contributed by atoms with van der Waals surface area (Å²) in [4.78, 5) is 28.7. The summed E-state index contributed by atoms with van der Waals surface area (Å²) in [6, 6.07) is 21.0. The zero-order valence-corrected chi connectivity index (χ0v) is 20.0. The molecule has 0 aliphatic rings. The van der Waals surface area contributed by atoms with Crippen molar-refractivity contribution in [2.45, 2.75) is 19.1 Å². The van der Waals surface area contributed by atoms with Crippen LogP contribution < -0.4 is 10.7 Å². The number of hydrogen-bond donors (Lipinski definition) is 3. The van der Waals surface area contributed by atoms with Crippen molar-refractivity contribution in [1.29, 1.82) is 0 Å². The minimum atomic E-state index is -0.935. The fourth-order valence-corrected chi connectivity index (χ4v) is 3.94. The zero-order valence-electron chi connectivity index (χ0n) is 18.5. The largest absolute Gasteiger partial charge is 0.445 e. The number of H-pyrrole nitrogens is 1. The molecule has 0 saturated carbocycles. The Kier molecular flexibility index (Phi) is 8.03. The number of hydrogen-bond acceptors (Lipinski definition) is 4. The first kappa shape index (κ1) is 24.3. The normalized spacial score (nSPS) is 11.9. The number of ether oxygens (including phenoxy) is 1. The minimum absolute atomic E-state index is 0.0846. The van der Waals surface area contributed by atoms with Gasteiger partial charge >= 0.3 is 6.09 Å². The second kappa shape index (κ2) is 11.6. The Morgan fingerprint density at radius 1 is 1.03 bits per heavy atom. The molecule has 0 aliphatic heterocycles. The van der Waals surface area contributed by atoms with Gasteiger partial charge in [-0.2, -0.15) is 5.10 Å².